The van der Waals surface area contributed by atoms with Crippen molar-refractivity contribution in [2.45, 2.75) is 32.7 Å². The van der Waals surface area contributed by atoms with E-state index in [9.17, 15) is 18.3 Å². The molecule has 7 heteroatoms. The minimum absolute atomic E-state index is 0.181. The Morgan fingerprint density at radius 2 is 1.87 bits per heavy atom. The summed E-state index contributed by atoms with van der Waals surface area (Å²) >= 11 is 1.39. The van der Waals surface area contributed by atoms with E-state index < -0.39 is 17.8 Å². The van der Waals surface area contributed by atoms with E-state index in [4.69, 9.17) is 0 Å². The number of benzene rings is 1. The lowest BCUT2D eigenvalue weighted by atomic mass is 10.1. The van der Waals surface area contributed by atoms with Crippen molar-refractivity contribution in [3.8, 4) is 10.6 Å². The van der Waals surface area contributed by atoms with Gasteiger partial charge in [-0.05, 0) is 18.1 Å². The van der Waals surface area contributed by atoms with E-state index >= 15 is 0 Å². The van der Waals surface area contributed by atoms with Crippen molar-refractivity contribution >= 4 is 11.3 Å². The molecule has 2 aromatic rings. The maximum atomic E-state index is 12.5. The van der Waals surface area contributed by atoms with Crippen LogP contribution < -0.4 is 5.32 Å². The number of thiazole rings is 1. The van der Waals surface area contributed by atoms with Crippen molar-refractivity contribution in [3.05, 3.63) is 40.9 Å². The maximum Gasteiger partial charge on any atom is 0.416 e. The number of aromatic nitrogens is 1. The number of nitrogens with zero attached hydrogens (tertiary/aromatic N) is 1. The third-order valence-electron chi connectivity index (χ3n) is 3.44. The zero-order chi connectivity index (χ0) is 17.0. The van der Waals surface area contributed by atoms with Crippen LogP contribution in [0, 0.1) is 5.92 Å². The Bertz CT molecular complexity index is 623. The van der Waals surface area contributed by atoms with Crippen molar-refractivity contribution in [2.75, 3.05) is 6.54 Å². The monoisotopic (exact) mass is 344 g/mol. The predicted octanol–water partition coefficient (Wildman–Crippen LogP) is 3.94. The molecule has 1 atom stereocenters. The van der Waals surface area contributed by atoms with E-state index in [1.54, 1.807) is 0 Å². The van der Waals surface area contributed by atoms with Crippen LogP contribution in [0.3, 0.4) is 0 Å². The van der Waals surface area contributed by atoms with Crippen LogP contribution in [0.25, 0.3) is 10.6 Å². The highest BCUT2D eigenvalue weighted by molar-refractivity contribution is 7.13. The Hall–Kier alpha value is -1.44. The third kappa shape index (κ3) is 5.02. The zero-order valence-electron chi connectivity index (χ0n) is 12.9. The summed E-state index contributed by atoms with van der Waals surface area (Å²) in [4.78, 5) is 4.41. The molecule has 2 N–H and O–H groups in total. The van der Waals surface area contributed by atoms with Gasteiger partial charge in [0.2, 0.25) is 0 Å². The molecule has 0 bridgehead atoms. The Balaban J connectivity index is 1.96. The first-order valence-corrected chi connectivity index (χ1v) is 8.16. The van der Waals surface area contributed by atoms with Gasteiger partial charge in [0.15, 0.2) is 0 Å². The van der Waals surface area contributed by atoms with Gasteiger partial charge in [-0.15, -0.1) is 11.3 Å². The molecule has 0 aliphatic heterocycles. The van der Waals surface area contributed by atoms with Crippen LogP contribution in [0.1, 0.15) is 25.1 Å². The topological polar surface area (TPSA) is 45.1 Å². The highest BCUT2D eigenvalue weighted by Gasteiger charge is 2.30. The van der Waals surface area contributed by atoms with Gasteiger partial charge in [-0.1, -0.05) is 26.0 Å². The number of hydrogen-bond donors (Lipinski definition) is 2. The standard InChI is InChI=1S/C16H19F3N2OS/c1-10(2)14(22)8-20-7-13-9-23-15(21-13)11-3-5-12(6-4-11)16(17,18)19/h3-6,9-10,14,20,22H,7-8H2,1-2H3. The Morgan fingerprint density at radius 1 is 1.22 bits per heavy atom. The molecule has 0 spiro atoms. The van der Waals surface area contributed by atoms with Crippen LogP contribution in [0.15, 0.2) is 29.6 Å². The maximum absolute atomic E-state index is 12.5. The second kappa shape index (κ2) is 7.42. The van der Waals surface area contributed by atoms with Gasteiger partial charge in [0.1, 0.15) is 5.01 Å². The fourth-order valence-electron chi connectivity index (χ4n) is 1.91. The van der Waals surface area contributed by atoms with Crippen LogP contribution in [-0.2, 0) is 12.7 Å². The lowest BCUT2D eigenvalue weighted by Gasteiger charge is -2.14. The number of aliphatic hydroxyl groups excluding tert-OH is 1. The van der Waals surface area contributed by atoms with E-state index in [1.165, 1.54) is 23.5 Å². The van der Waals surface area contributed by atoms with Gasteiger partial charge in [-0.3, -0.25) is 0 Å². The van der Waals surface area contributed by atoms with Gasteiger partial charge in [0, 0.05) is 24.0 Å². The first-order chi connectivity index (χ1) is 10.8. The van der Waals surface area contributed by atoms with Crippen LogP contribution in [0.4, 0.5) is 13.2 Å². The molecule has 1 aromatic carbocycles. The first-order valence-electron chi connectivity index (χ1n) is 7.28. The summed E-state index contributed by atoms with van der Waals surface area (Å²) in [6, 6.07) is 4.99. The average molecular weight is 344 g/mol. The minimum Gasteiger partial charge on any atom is -0.392 e. The number of nitrogens with one attached hydrogen (secondary N) is 1. The molecule has 1 unspecified atom stereocenters. The molecule has 23 heavy (non-hydrogen) atoms. The molecule has 0 amide bonds. The van der Waals surface area contributed by atoms with Gasteiger partial charge in [0.05, 0.1) is 17.4 Å². The summed E-state index contributed by atoms with van der Waals surface area (Å²) < 4.78 is 37.6. The van der Waals surface area contributed by atoms with Gasteiger partial charge in [0.25, 0.3) is 0 Å². The van der Waals surface area contributed by atoms with Gasteiger partial charge in [-0.2, -0.15) is 13.2 Å². The van der Waals surface area contributed by atoms with Crippen LogP contribution in [0.5, 0.6) is 0 Å². The van der Waals surface area contributed by atoms with Crippen LogP contribution in [0.2, 0.25) is 0 Å². The Kier molecular flexibility index (Phi) is 5.78. The SMILES string of the molecule is CC(C)C(O)CNCc1csc(-c2ccc(C(F)(F)F)cc2)n1. The molecule has 126 valence electrons. The Morgan fingerprint density at radius 3 is 2.43 bits per heavy atom. The van der Waals surface area contributed by atoms with E-state index in [1.807, 2.05) is 19.2 Å². The average Bonchev–Trinajstić information content (AvgIpc) is 2.95. The van der Waals surface area contributed by atoms with Crippen molar-refractivity contribution < 1.29 is 18.3 Å². The molecule has 1 heterocycles. The van der Waals surface area contributed by atoms with Crippen molar-refractivity contribution in [1.82, 2.24) is 10.3 Å². The summed E-state index contributed by atoms with van der Waals surface area (Å²) in [7, 11) is 0. The van der Waals surface area contributed by atoms with Crippen molar-refractivity contribution in [3.63, 3.8) is 0 Å². The lowest BCUT2D eigenvalue weighted by Crippen LogP contribution is -2.30. The first kappa shape index (κ1) is 17.9. The quantitative estimate of drug-likeness (QED) is 0.834. The van der Waals surface area contributed by atoms with Gasteiger partial charge in [-0.25, -0.2) is 4.98 Å². The molecule has 0 fully saturated rings. The molecular formula is C16H19F3N2OS. The van der Waals surface area contributed by atoms with E-state index in [2.05, 4.69) is 10.3 Å². The molecule has 0 saturated heterocycles. The molecule has 3 nitrogen and oxygen atoms in total. The molecule has 0 aliphatic carbocycles. The zero-order valence-corrected chi connectivity index (χ0v) is 13.7. The number of rotatable bonds is 6. The lowest BCUT2D eigenvalue weighted by molar-refractivity contribution is -0.137. The fraction of sp³-hybridized carbons (Fsp3) is 0.438. The summed E-state index contributed by atoms with van der Waals surface area (Å²) in [6.45, 7) is 4.88. The largest absolute Gasteiger partial charge is 0.416 e. The van der Waals surface area contributed by atoms with Crippen LogP contribution in [-0.4, -0.2) is 22.7 Å². The van der Waals surface area contributed by atoms with E-state index in [0.29, 0.717) is 23.7 Å². The summed E-state index contributed by atoms with van der Waals surface area (Å²) in [6.07, 6.45) is -4.74. The molecule has 1 aromatic heterocycles. The smallest absolute Gasteiger partial charge is 0.392 e. The Labute approximate surface area is 137 Å². The summed E-state index contributed by atoms with van der Waals surface area (Å²) in [5.41, 5.74) is 0.805. The summed E-state index contributed by atoms with van der Waals surface area (Å²) in [5.74, 6) is 0.181. The molecule has 0 aliphatic rings. The molecule has 0 saturated carbocycles. The predicted molar refractivity (Wildman–Crippen MR) is 85.1 cm³/mol. The fourth-order valence-corrected chi connectivity index (χ4v) is 2.73. The van der Waals surface area contributed by atoms with E-state index in [-0.39, 0.29) is 5.92 Å². The normalized spacial score (nSPS) is 13.5. The van der Waals surface area contributed by atoms with Crippen molar-refractivity contribution in [1.29, 1.82) is 0 Å². The number of hydrogen-bond acceptors (Lipinski definition) is 4. The molecular weight excluding hydrogens is 325 g/mol. The number of aliphatic hydroxyl groups is 1. The number of alkyl halides is 3. The molecule has 0 radical (unpaired) electrons. The third-order valence-corrected chi connectivity index (χ3v) is 4.38. The highest BCUT2D eigenvalue weighted by Crippen LogP contribution is 2.31. The number of halogens is 3. The minimum atomic E-state index is -4.33. The van der Waals surface area contributed by atoms with Crippen molar-refractivity contribution in [2.24, 2.45) is 5.92 Å². The second-order valence-electron chi connectivity index (χ2n) is 5.66. The van der Waals surface area contributed by atoms with Gasteiger partial charge < -0.3 is 10.4 Å². The molecule has 2 rings (SSSR count). The van der Waals surface area contributed by atoms with E-state index in [0.717, 1.165) is 17.8 Å². The summed E-state index contributed by atoms with van der Waals surface area (Å²) in [5, 5.41) is 15.4. The van der Waals surface area contributed by atoms with Crippen LogP contribution >= 0.6 is 11.3 Å². The highest BCUT2D eigenvalue weighted by atomic mass is 32.1. The van der Waals surface area contributed by atoms with Gasteiger partial charge >= 0.3 is 6.18 Å². The second-order valence-corrected chi connectivity index (χ2v) is 6.52.